The molecule has 0 heterocycles. The van der Waals surface area contributed by atoms with Gasteiger partial charge in [-0.05, 0) is 59.2 Å². The van der Waals surface area contributed by atoms with Crippen LogP contribution < -0.4 is 4.74 Å². The Morgan fingerprint density at radius 2 is 1.53 bits per heavy atom. The largest absolute Gasteiger partial charge is 0.426 e. The first-order chi connectivity index (χ1) is 8.58. The van der Waals surface area contributed by atoms with E-state index < -0.39 is 5.41 Å². The normalized spacial score (nSPS) is 12.3. The highest BCUT2D eigenvalue weighted by atomic mass is 16.5. The Morgan fingerprint density at radius 1 is 1.00 bits per heavy atom. The van der Waals surface area contributed by atoms with Gasteiger partial charge in [0.2, 0.25) is 0 Å². The van der Waals surface area contributed by atoms with Crippen LogP contribution in [0.5, 0.6) is 5.75 Å². The quantitative estimate of drug-likeness (QED) is 0.612. The third-order valence-corrected chi connectivity index (χ3v) is 2.42. The maximum absolute atomic E-state index is 11.7. The van der Waals surface area contributed by atoms with Crippen molar-refractivity contribution in [1.82, 2.24) is 0 Å². The molecule has 0 bridgehead atoms. The second kappa shape index (κ2) is 5.74. The predicted octanol–water partition coefficient (Wildman–Crippen LogP) is 3.95. The maximum atomic E-state index is 11.7. The van der Waals surface area contributed by atoms with E-state index >= 15 is 0 Å². The van der Waals surface area contributed by atoms with Gasteiger partial charge in [-0.2, -0.15) is 0 Å². The summed E-state index contributed by atoms with van der Waals surface area (Å²) in [4.78, 5) is 11.7. The smallest absolute Gasteiger partial charge is 0.316 e. The van der Waals surface area contributed by atoms with Gasteiger partial charge in [0.05, 0.1) is 17.6 Å². The summed E-state index contributed by atoms with van der Waals surface area (Å²) in [6.07, 6.45) is 0. The Morgan fingerprint density at radius 3 is 1.95 bits per heavy atom. The van der Waals surface area contributed by atoms with E-state index in [4.69, 9.17) is 9.47 Å². The summed E-state index contributed by atoms with van der Waals surface area (Å²) >= 11 is 0. The number of esters is 1. The number of carbonyl (C=O) groups excluding carboxylic acids is 1. The molecule has 0 aromatic heterocycles. The molecular formula is C16H24O3. The molecule has 0 unspecified atom stereocenters. The summed E-state index contributed by atoms with van der Waals surface area (Å²) in [5.41, 5.74) is 0.413. The highest BCUT2D eigenvalue weighted by Gasteiger charge is 2.23. The number of carbonyl (C=O) groups is 1. The van der Waals surface area contributed by atoms with E-state index in [0.29, 0.717) is 12.4 Å². The molecule has 0 spiro atoms. The molecular weight excluding hydrogens is 240 g/mol. The van der Waals surface area contributed by atoms with E-state index in [1.165, 1.54) is 0 Å². The van der Waals surface area contributed by atoms with Crippen LogP contribution in [0.2, 0.25) is 0 Å². The molecule has 0 N–H and O–H groups in total. The Hall–Kier alpha value is -1.35. The first-order valence-corrected chi connectivity index (χ1v) is 6.53. The summed E-state index contributed by atoms with van der Waals surface area (Å²) in [7, 11) is 0. The molecule has 0 radical (unpaired) electrons. The van der Waals surface area contributed by atoms with Crippen LogP contribution >= 0.6 is 0 Å². The zero-order chi connectivity index (χ0) is 14.7. The molecule has 0 atom stereocenters. The van der Waals surface area contributed by atoms with Gasteiger partial charge in [-0.25, -0.2) is 0 Å². The average molecular weight is 264 g/mol. The molecule has 0 saturated carbocycles. The van der Waals surface area contributed by atoms with Crippen molar-refractivity contribution in [1.29, 1.82) is 0 Å². The third-order valence-electron chi connectivity index (χ3n) is 2.42. The van der Waals surface area contributed by atoms with Gasteiger partial charge >= 0.3 is 5.97 Å². The van der Waals surface area contributed by atoms with E-state index in [1.54, 1.807) is 12.1 Å². The van der Waals surface area contributed by atoms with Crippen LogP contribution in [0.4, 0.5) is 0 Å². The lowest BCUT2D eigenvalue weighted by Gasteiger charge is -2.19. The van der Waals surface area contributed by atoms with Crippen molar-refractivity contribution in [3.63, 3.8) is 0 Å². The van der Waals surface area contributed by atoms with Crippen LogP contribution in [0.1, 0.15) is 47.1 Å². The molecule has 0 aliphatic rings. The first-order valence-electron chi connectivity index (χ1n) is 6.53. The van der Waals surface area contributed by atoms with Crippen LogP contribution in [0.15, 0.2) is 24.3 Å². The lowest BCUT2D eigenvalue weighted by Crippen LogP contribution is -2.25. The van der Waals surface area contributed by atoms with Crippen molar-refractivity contribution < 1.29 is 14.3 Å². The van der Waals surface area contributed by atoms with Crippen LogP contribution in [0, 0.1) is 5.41 Å². The molecule has 1 rings (SSSR count). The monoisotopic (exact) mass is 264 g/mol. The van der Waals surface area contributed by atoms with E-state index in [0.717, 1.165) is 5.56 Å². The van der Waals surface area contributed by atoms with Crippen molar-refractivity contribution in [3.8, 4) is 5.75 Å². The zero-order valence-corrected chi connectivity index (χ0v) is 12.7. The lowest BCUT2D eigenvalue weighted by molar-refractivity contribution is -0.142. The fourth-order valence-electron chi connectivity index (χ4n) is 1.21. The number of rotatable bonds is 3. The van der Waals surface area contributed by atoms with Gasteiger partial charge in [-0.1, -0.05) is 12.1 Å². The second-order valence-corrected chi connectivity index (χ2v) is 6.68. The highest BCUT2D eigenvalue weighted by molar-refractivity contribution is 5.77. The van der Waals surface area contributed by atoms with Crippen molar-refractivity contribution >= 4 is 5.97 Å². The molecule has 3 heteroatoms. The van der Waals surface area contributed by atoms with Crippen LogP contribution in [0.3, 0.4) is 0 Å². The van der Waals surface area contributed by atoms with Crippen LogP contribution in [0.25, 0.3) is 0 Å². The van der Waals surface area contributed by atoms with Gasteiger partial charge in [0.25, 0.3) is 0 Å². The summed E-state index contributed by atoms with van der Waals surface area (Å²) in [5, 5.41) is 0. The molecule has 1 aromatic carbocycles. The van der Waals surface area contributed by atoms with Gasteiger partial charge in [0.15, 0.2) is 0 Å². The minimum absolute atomic E-state index is 0.155. The fraction of sp³-hybridized carbons (Fsp3) is 0.562. The Balaban J connectivity index is 2.60. The zero-order valence-electron chi connectivity index (χ0n) is 12.7. The van der Waals surface area contributed by atoms with E-state index in [1.807, 2.05) is 53.7 Å². The standard InChI is InChI=1S/C16H24O3/c1-15(2,3)14(17)19-13-9-7-12(8-10-13)11-18-16(4,5)6/h7-10H,11H2,1-6H3. The van der Waals surface area contributed by atoms with Crippen LogP contribution in [-0.4, -0.2) is 11.6 Å². The number of hydrogen-bond acceptors (Lipinski definition) is 3. The lowest BCUT2D eigenvalue weighted by atomic mass is 9.97. The molecule has 0 saturated heterocycles. The summed E-state index contributed by atoms with van der Waals surface area (Å²) in [5.74, 6) is 0.339. The predicted molar refractivity (Wildman–Crippen MR) is 76.1 cm³/mol. The van der Waals surface area contributed by atoms with E-state index in [-0.39, 0.29) is 11.6 Å². The Kier molecular flexibility index (Phi) is 4.75. The minimum atomic E-state index is -0.492. The molecule has 0 fully saturated rings. The molecule has 106 valence electrons. The molecule has 0 amide bonds. The van der Waals surface area contributed by atoms with E-state index in [2.05, 4.69) is 0 Å². The first kappa shape index (κ1) is 15.7. The van der Waals surface area contributed by atoms with Gasteiger partial charge < -0.3 is 9.47 Å². The summed E-state index contributed by atoms with van der Waals surface area (Å²) in [6, 6.07) is 7.42. The number of benzene rings is 1. The molecule has 3 nitrogen and oxygen atoms in total. The SMILES string of the molecule is CC(C)(C)OCc1ccc(OC(=O)C(C)(C)C)cc1. The van der Waals surface area contributed by atoms with Gasteiger partial charge in [-0.3, -0.25) is 4.79 Å². The molecule has 0 aliphatic heterocycles. The highest BCUT2D eigenvalue weighted by Crippen LogP contribution is 2.20. The molecule has 19 heavy (non-hydrogen) atoms. The van der Waals surface area contributed by atoms with Crippen molar-refractivity contribution in [2.24, 2.45) is 5.41 Å². The number of hydrogen-bond donors (Lipinski definition) is 0. The topological polar surface area (TPSA) is 35.5 Å². The van der Waals surface area contributed by atoms with Crippen LogP contribution in [-0.2, 0) is 16.1 Å². The van der Waals surface area contributed by atoms with E-state index in [9.17, 15) is 4.79 Å². The van der Waals surface area contributed by atoms with Gasteiger partial charge in [0.1, 0.15) is 5.75 Å². The maximum Gasteiger partial charge on any atom is 0.316 e. The summed E-state index contributed by atoms with van der Waals surface area (Å²) < 4.78 is 11.0. The Labute approximate surface area is 115 Å². The van der Waals surface area contributed by atoms with Gasteiger partial charge in [-0.15, -0.1) is 0 Å². The fourth-order valence-corrected chi connectivity index (χ4v) is 1.21. The average Bonchev–Trinajstić information content (AvgIpc) is 2.26. The van der Waals surface area contributed by atoms with Crippen molar-refractivity contribution in [3.05, 3.63) is 29.8 Å². The molecule has 1 aromatic rings. The second-order valence-electron chi connectivity index (χ2n) is 6.68. The third kappa shape index (κ3) is 5.88. The minimum Gasteiger partial charge on any atom is -0.426 e. The molecule has 0 aliphatic carbocycles. The number of ether oxygens (including phenoxy) is 2. The summed E-state index contributed by atoms with van der Waals surface area (Å²) in [6.45, 7) is 12.1. The van der Waals surface area contributed by atoms with Crippen molar-refractivity contribution in [2.75, 3.05) is 0 Å². The van der Waals surface area contributed by atoms with Crippen molar-refractivity contribution in [2.45, 2.75) is 53.8 Å². The Bertz CT molecular complexity index is 419. The van der Waals surface area contributed by atoms with Gasteiger partial charge in [0, 0.05) is 0 Å².